The summed E-state index contributed by atoms with van der Waals surface area (Å²) in [7, 11) is 2.05. The fourth-order valence-electron chi connectivity index (χ4n) is 4.08. The van der Waals surface area contributed by atoms with Crippen molar-refractivity contribution in [3.8, 4) is 6.07 Å². The lowest BCUT2D eigenvalue weighted by atomic mass is 10.1. The summed E-state index contributed by atoms with van der Waals surface area (Å²) in [6.45, 7) is 6.44. The molecule has 0 saturated carbocycles. The topological polar surface area (TPSA) is 62.1 Å². The van der Waals surface area contributed by atoms with Crippen molar-refractivity contribution in [2.45, 2.75) is 39.7 Å². The first-order chi connectivity index (χ1) is 14.4. The van der Waals surface area contributed by atoms with E-state index in [1.165, 1.54) is 18.1 Å². The quantitative estimate of drug-likeness (QED) is 0.313. The van der Waals surface area contributed by atoms with Gasteiger partial charge in [0.2, 0.25) is 11.5 Å². The van der Waals surface area contributed by atoms with Crippen LogP contribution in [0.15, 0.2) is 60.1 Å². The monoisotopic (exact) mass is 404 g/mol. The number of hydrogen-bond donors (Lipinski definition) is 1. The molecule has 1 N–H and O–H groups in total. The lowest BCUT2D eigenvalue weighted by Crippen LogP contribution is -2.50. The number of carbonyl (C=O) groups is 1. The Bertz CT molecular complexity index is 980. The summed E-state index contributed by atoms with van der Waals surface area (Å²) >= 11 is 0. The zero-order valence-corrected chi connectivity index (χ0v) is 18.2. The van der Waals surface area contributed by atoms with Gasteiger partial charge >= 0.3 is 0 Å². The van der Waals surface area contributed by atoms with E-state index >= 15 is 0 Å². The Morgan fingerprint density at radius 3 is 2.40 bits per heavy atom. The number of benzene rings is 2. The van der Waals surface area contributed by atoms with Crippen molar-refractivity contribution in [1.82, 2.24) is 9.80 Å². The molecule has 0 saturated heterocycles. The normalized spacial score (nSPS) is 16.1. The van der Waals surface area contributed by atoms with E-state index in [0.717, 1.165) is 24.1 Å². The second-order valence-electron chi connectivity index (χ2n) is 8.01. The number of rotatable bonds is 8. The number of allylic oxidation sites excluding steroid dienone is 1. The molecule has 0 fully saturated rings. The van der Waals surface area contributed by atoms with Crippen molar-refractivity contribution in [1.29, 1.82) is 5.26 Å². The van der Waals surface area contributed by atoms with Gasteiger partial charge in [0.25, 0.3) is 5.82 Å². The lowest BCUT2D eigenvalue weighted by Gasteiger charge is -2.35. The molecule has 0 radical (unpaired) electrons. The van der Waals surface area contributed by atoms with Crippen LogP contribution in [0.4, 0.5) is 5.69 Å². The number of nitriles is 1. The van der Waals surface area contributed by atoms with Gasteiger partial charge in [-0.15, -0.1) is 0 Å². The van der Waals surface area contributed by atoms with E-state index in [4.69, 9.17) is 4.74 Å². The summed E-state index contributed by atoms with van der Waals surface area (Å²) in [5.74, 6) is 0.805. The second-order valence-corrected chi connectivity index (χ2v) is 8.01. The molecule has 0 aliphatic heterocycles. The first kappa shape index (κ1) is 21.6. The number of nitrogens with zero attached hydrogens (tertiary/aromatic N) is 2. The van der Waals surface area contributed by atoms with E-state index in [-0.39, 0.29) is 18.4 Å². The highest BCUT2D eigenvalue weighted by Gasteiger charge is 2.36. The van der Waals surface area contributed by atoms with E-state index in [9.17, 15) is 10.1 Å². The minimum absolute atomic E-state index is 0.0944. The highest BCUT2D eigenvalue weighted by molar-refractivity contribution is 5.92. The molecule has 1 aliphatic carbocycles. The zero-order chi connectivity index (χ0) is 21.7. The van der Waals surface area contributed by atoms with E-state index in [1.807, 2.05) is 44.3 Å². The summed E-state index contributed by atoms with van der Waals surface area (Å²) in [6.07, 6.45) is 1.46. The molecule has 1 atom stereocenters. The zero-order valence-electron chi connectivity index (χ0n) is 18.2. The van der Waals surface area contributed by atoms with Crippen LogP contribution in [0.1, 0.15) is 30.5 Å². The number of nitrogens with one attached hydrogen (secondary N) is 1. The van der Waals surface area contributed by atoms with E-state index in [2.05, 4.69) is 36.5 Å². The third-order valence-corrected chi connectivity index (χ3v) is 5.87. The largest absolute Gasteiger partial charge is 0.480 e. The van der Waals surface area contributed by atoms with Gasteiger partial charge in [-0.2, -0.15) is 5.26 Å². The molecule has 2 aromatic rings. The SMILES string of the molecule is CC[N+](C)(/C(NCC#N)=C(/OC1Cc2ccccc2C1)C(C)=O)c1cccc(C)c1. The molecule has 0 spiro atoms. The van der Waals surface area contributed by atoms with Gasteiger partial charge in [0.1, 0.15) is 18.3 Å². The molecular weight excluding hydrogens is 374 g/mol. The van der Waals surface area contributed by atoms with Crippen LogP contribution >= 0.6 is 0 Å². The molecule has 1 aliphatic rings. The number of carbonyl (C=O) groups excluding carboxylic acids is 1. The number of aryl methyl sites for hydroxylation is 1. The van der Waals surface area contributed by atoms with Crippen LogP contribution in [-0.2, 0) is 22.4 Å². The molecule has 2 aromatic carbocycles. The van der Waals surface area contributed by atoms with Crippen LogP contribution in [0.2, 0.25) is 0 Å². The number of quaternary nitrogens is 1. The van der Waals surface area contributed by atoms with Gasteiger partial charge in [-0.25, -0.2) is 4.48 Å². The highest BCUT2D eigenvalue weighted by Crippen LogP contribution is 2.31. The van der Waals surface area contributed by atoms with Crippen LogP contribution in [0.25, 0.3) is 0 Å². The highest BCUT2D eigenvalue weighted by atomic mass is 16.5. The third-order valence-electron chi connectivity index (χ3n) is 5.87. The van der Waals surface area contributed by atoms with Crippen LogP contribution in [-0.4, -0.2) is 32.0 Å². The number of ketones is 1. The number of hydrogen-bond acceptors (Lipinski definition) is 4. The van der Waals surface area contributed by atoms with Crippen molar-refractivity contribution in [2.24, 2.45) is 0 Å². The van der Waals surface area contributed by atoms with Crippen molar-refractivity contribution >= 4 is 11.5 Å². The first-order valence-corrected chi connectivity index (χ1v) is 10.4. The van der Waals surface area contributed by atoms with Gasteiger partial charge < -0.3 is 10.1 Å². The Morgan fingerprint density at radius 1 is 1.20 bits per heavy atom. The second kappa shape index (κ2) is 9.15. The molecule has 0 heterocycles. The fraction of sp³-hybridized carbons (Fsp3) is 0.360. The predicted molar refractivity (Wildman–Crippen MR) is 119 cm³/mol. The van der Waals surface area contributed by atoms with E-state index in [0.29, 0.717) is 22.6 Å². The van der Waals surface area contributed by atoms with E-state index in [1.54, 1.807) is 0 Å². The smallest absolute Gasteiger partial charge is 0.254 e. The lowest BCUT2D eigenvalue weighted by molar-refractivity contribution is -0.118. The Balaban J connectivity index is 2.04. The summed E-state index contributed by atoms with van der Waals surface area (Å²) in [6, 6.07) is 18.7. The fourth-order valence-corrected chi connectivity index (χ4v) is 4.08. The van der Waals surface area contributed by atoms with Crippen LogP contribution in [0, 0.1) is 18.3 Å². The van der Waals surface area contributed by atoms with Gasteiger partial charge in [0.15, 0.2) is 0 Å². The molecule has 0 aromatic heterocycles. The van der Waals surface area contributed by atoms with Gasteiger partial charge in [-0.1, -0.05) is 36.4 Å². The first-order valence-electron chi connectivity index (χ1n) is 10.4. The van der Waals surface area contributed by atoms with Crippen molar-refractivity contribution in [3.05, 3.63) is 76.8 Å². The summed E-state index contributed by atoms with van der Waals surface area (Å²) in [5.41, 5.74) is 4.71. The molecule has 5 heteroatoms. The third kappa shape index (κ3) is 4.39. The van der Waals surface area contributed by atoms with Gasteiger partial charge in [-0.05, 0) is 36.6 Å². The maximum Gasteiger partial charge on any atom is 0.254 e. The number of ether oxygens (including phenoxy) is 1. The Labute approximate surface area is 179 Å². The molecule has 30 heavy (non-hydrogen) atoms. The molecule has 3 rings (SSSR count). The minimum atomic E-state index is -0.142. The predicted octanol–water partition coefficient (Wildman–Crippen LogP) is 4.01. The molecule has 0 bridgehead atoms. The maximum atomic E-state index is 12.8. The molecule has 156 valence electrons. The summed E-state index contributed by atoms with van der Waals surface area (Å²) in [4.78, 5) is 12.8. The summed E-state index contributed by atoms with van der Waals surface area (Å²) < 4.78 is 6.70. The van der Waals surface area contributed by atoms with Crippen molar-refractivity contribution in [3.63, 3.8) is 0 Å². The average Bonchev–Trinajstić information content (AvgIpc) is 3.15. The van der Waals surface area contributed by atoms with E-state index < -0.39 is 0 Å². The number of fused-ring (bicyclic) bond motifs is 1. The Kier molecular flexibility index (Phi) is 6.59. The van der Waals surface area contributed by atoms with Crippen molar-refractivity contribution in [2.75, 3.05) is 20.1 Å². The minimum Gasteiger partial charge on any atom is -0.480 e. The molecule has 5 nitrogen and oxygen atoms in total. The van der Waals surface area contributed by atoms with Gasteiger partial charge in [0, 0.05) is 25.8 Å². The maximum absolute atomic E-state index is 12.8. The van der Waals surface area contributed by atoms with Crippen molar-refractivity contribution < 1.29 is 9.53 Å². The summed E-state index contributed by atoms with van der Waals surface area (Å²) in [5, 5.41) is 12.4. The van der Waals surface area contributed by atoms with Gasteiger partial charge in [-0.3, -0.25) is 4.79 Å². The van der Waals surface area contributed by atoms with Gasteiger partial charge in [0.05, 0.1) is 19.7 Å². The molecular formula is C25H30N3O2+. The standard InChI is InChI=1S/C25H29N3O2/c1-5-28(4,22-12-8-9-18(2)15-22)25(27-14-13-26)24(19(3)29)30-23-16-20-10-6-7-11-21(20)17-23/h6-12,15,23H,5,14,16-17H2,1-4H3/p+1. The average molecular weight is 405 g/mol. The number of Topliss-reactive ketones (excluding diaryl/α,β-unsaturated/α-hetero) is 1. The Hall–Kier alpha value is -3.10. The van der Waals surface area contributed by atoms with Crippen LogP contribution < -0.4 is 9.80 Å². The van der Waals surface area contributed by atoms with Crippen LogP contribution in [0.3, 0.4) is 0 Å². The Morgan fingerprint density at radius 2 is 1.87 bits per heavy atom. The van der Waals surface area contributed by atoms with Crippen LogP contribution in [0.5, 0.6) is 0 Å². The molecule has 0 amide bonds. The molecule has 1 unspecified atom stereocenters.